The predicted molar refractivity (Wildman–Crippen MR) is 82.2 cm³/mol. The zero-order valence-electron chi connectivity index (χ0n) is 11.2. The lowest BCUT2D eigenvalue weighted by Crippen LogP contribution is -2.01. The van der Waals surface area contributed by atoms with Crippen molar-refractivity contribution in [2.45, 2.75) is 0 Å². The van der Waals surface area contributed by atoms with Gasteiger partial charge in [0.25, 0.3) is 0 Å². The van der Waals surface area contributed by atoms with E-state index >= 15 is 0 Å². The molecule has 21 heavy (non-hydrogen) atoms. The Morgan fingerprint density at radius 2 is 1.90 bits per heavy atom. The normalized spacial score (nSPS) is 11.0. The maximum Gasteiger partial charge on any atom is 0.139 e. The molecule has 0 saturated heterocycles. The Bertz CT molecular complexity index is 919. The van der Waals surface area contributed by atoms with E-state index in [0.29, 0.717) is 0 Å². The van der Waals surface area contributed by atoms with Crippen LogP contribution in [0.3, 0.4) is 0 Å². The van der Waals surface area contributed by atoms with Crippen LogP contribution < -0.4 is 5.73 Å². The maximum absolute atomic E-state index is 5.83. The summed E-state index contributed by atoms with van der Waals surface area (Å²) in [5.41, 5.74) is 9.56. The first-order valence-electron chi connectivity index (χ1n) is 6.64. The van der Waals surface area contributed by atoms with Crippen LogP contribution in [-0.4, -0.2) is 19.2 Å². The van der Waals surface area contributed by atoms with Gasteiger partial charge in [-0.1, -0.05) is 18.2 Å². The molecule has 3 aromatic heterocycles. The summed E-state index contributed by atoms with van der Waals surface area (Å²) in [4.78, 5) is 4.29. The highest BCUT2D eigenvalue weighted by Gasteiger charge is 2.06. The second-order valence-electron chi connectivity index (χ2n) is 4.84. The second kappa shape index (κ2) is 4.49. The van der Waals surface area contributed by atoms with Crippen molar-refractivity contribution in [1.82, 2.24) is 19.2 Å². The molecule has 0 atom stereocenters. The summed E-state index contributed by atoms with van der Waals surface area (Å²) in [6, 6.07) is 13.7. The number of fused-ring (bicyclic) bond motifs is 1. The van der Waals surface area contributed by atoms with Crippen molar-refractivity contribution in [3.63, 3.8) is 0 Å². The zero-order chi connectivity index (χ0) is 14.2. The van der Waals surface area contributed by atoms with Gasteiger partial charge >= 0.3 is 0 Å². The van der Waals surface area contributed by atoms with Crippen LogP contribution in [0.2, 0.25) is 0 Å². The molecule has 0 aliphatic heterocycles. The standard InChI is InChI=1S/C16H13N5/c17-14-4-1-3-12(9-14)13-10-19-21(11-13)16-6-2-5-15-18-7-8-20(15)16/h1-11H,17H2. The number of pyridine rings is 1. The summed E-state index contributed by atoms with van der Waals surface area (Å²) >= 11 is 0. The first-order valence-corrected chi connectivity index (χ1v) is 6.64. The van der Waals surface area contributed by atoms with E-state index < -0.39 is 0 Å². The molecule has 0 radical (unpaired) electrons. The first kappa shape index (κ1) is 11.7. The second-order valence-corrected chi connectivity index (χ2v) is 4.84. The van der Waals surface area contributed by atoms with Crippen LogP contribution in [0, 0.1) is 0 Å². The highest BCUT2D eigenvalue weighted by atomic mass is 15.3. The van der Waals surface area contributed by atoms with Crippen LogP contribution in [0.25, 0.3) is 22.6 Å². The van der Waals surface area contributed by atoms with Crippen molar-refractivity contribution in [1.29, 1.82) is 0 Å². The van der Waals surface area contributed by atoms with Crippen molar-refractivity contribution >= 4 is 11.3 Å². The Morgan fingerprint density at radius 1 is 1.00 bits per heavy atom. The molecule has 1 aromatic carbocycles. The number of anilines is 1. The van der Waals surface area contributed by atoms with Crippen LogP contribution in [-0.2, 0) is 0 Å². The Hall–Kier alpha value is -3.08. The number of nitrogen functional groups attached to an aromatic ring is 1. The number of hydrogen-bond donors (Lipinski definition) is 1. The fourth-order valence-corrected chi connectivity index (χ4v) is 2.43. The average Bonchev–Trinajstić information content (AvgIpc) is 3.16. The Morgan fingerprint density at radius 3 is 2.81 bits per heavy atom. The van der Waals surface area contributed by atoms with E-state index in [1.54, 1.807) is 6.20 Å². The Balaban J connectivity index is 1.83. The molecule has 0 fully saturated rings. The van der Waals surface area contributed by atoms with Gasteiger partial charge in [-0.25, -0.2) is 9.67 Å². The lowest BCUT2D eigenvalue weighted by molar-refractivity contribution is 0.830. The van der Waals surface area contributed by atoms with Crippen molar-refractivity contribution in [2.75, 3.05) is 5.73 Å². The van der Waals surface area contributed by atoms with Gasteiger partial charge in [0.1, 0.15) is 11.5 Å². The van der Waals surface area contributed by atoms with E-state index in [2.05, 4.69) is 10.1 Å². The number of nitrogens with two attached hydrogens (primary N) is 1. The van der Waals surface area contributed by atoms with Gasteiger partial charge in [0.05, 0.1) is 6.20 Å². The quantitative estimate of drug-likeness (QED) is 0.572. The highest BCUT2D eigenvalue weighted by Crippen LogP contribution is 2.22. The van der Waals surface area contributed by atoms with Crippen molar-refractivity contribution in [3.8, 4) is 16.9 Å². The molecule has 0 unspecified atom stereocenters. The van der Waals surface area contributed by atoms with E-state index in [4.69, 9.17) is 5.73 Å². The van der Waals surface area contributed by atoms with E-state index in [0.717, 1.165) is 28.3 Å². The van der Waals surface area contributed by atoms with Gasteiger partial charge in [-0.2, -0.15) is 5.10 Å². The summed E-state index contributed by atoms with van der Waals surface area (Å²) in [6.07, 6.45) is 7.53. The molecule has 0 amide bonds. The minimum atomic E-state index is 0.747. The van der Waals surface area contributed by atoms with E-state index in [1.807, 2.05) is 70.1 Å². The van der Waals surface area contributed by atoms with Crippen LogP contribution in [0.1, 0.15) is 0 Å². The van der Waals surface area contributed by atoms with Crippen LogP contribution >= 0.6 is 0 Å². The molecule has 5 nitrogen and oxygen atoms in total. The third kappa shape index (κ3) is 1.95. The van der Waals surface area contributed by atoms with Crippen LogP contribution in [0.5, 0.6) is 0 Å². The summed E-state index contributed by atoms with van der Waals surface area (Å²) < 4.78 is 3.84. The van der Waals surface area contributed by atoms with Gasteiger partial charge < -0.3 is 5.73 Å². The fraction of sp³-hybridized carbons (Fsp3) is 0. The number of aromatic nitrogens is 4. The van der Waals surface area contributed by atoms with Crippen LogP contribution in [0.4, 0.5) is 5.69 Å². The van der Waals surface area contributed by atoms with Gasteiger partial charge in [-0.3, -0.25) is 4.40 Å². The smallest absolute Gasteiger partial charge is 0.139 e. The Kier molecular flexibility index (Phi) is 2.50. The number of hydrogen-bond acceptors (Lipinski definition) is 3. The summed E-state index contributed by atoms with van der Waals surface area (Å²) in [5, 5.41) is 4.45. The zero-order valence-corrected chi connectivity index (χ0v) is 11.2. The third-order valence-corrected chi connectivity index (χ3v) is 3.44. The fourth-order valence-electron chi connectivity index (χ4n) is 2.43. The molecule has 4 rings (SSSR count). The largest absolute Gasteiger partial charge is 0.399 e. The summed E-state index contributed by atoms with van der Waals surface area (Å²) in [7, 11) is 0. The molecular formula is C16H13N5. The minimum Gasteiger partial charge on any atom is -0.399 e. The lowest BCUT2D eigenvalue weighted by atomic mass is 10.1. The SMILES string of the molecule is Nc1cccc(-c2cnn(-c3cccc4nccn34)c2)c1. The molecule has 102 valence electrons. The highest BCUT2D eigenvalue weighted by molar-refractivity contribution is 5.66. The van der Waals surface area contributed by atoms with Crippen molar-refractivity contribution in [2.24, 2.45) is 0 Å². The van der Waals surface area contributed by atoms with Crippen LogP contribution in [0.15, 0.2) is 67.3 Å². The van der Waals surface area contributed by atoms with E-state index in [-0.39, 0.29) is 0 Å². The van der Waals surface area contributed by atoms with Gasteiger partial charge in [0, 0.05) is 29.8 Å². The molecular weight excluding hydrogens is 262 g/mol. The monoisotopic (exact) mass is 275 g/mol. The maximum atomic E-state index is 5.83. The number of imidazole rings is 1. The van der Waals surface area contributed by atoms with Crippen molar-refractivity contribution < 1.29 is 0 Å². The molecule has 0 spiro atoms. The van der Waals surface area contributed by atoms with E-state index in [1.165, 1.54) is 0 Å². The summed E-state index contributed by atoms with van der Waals surface area (Å²) in [5.74, 6) is 0.945. The van der Waals surface area contributed by atoms with Gasteiger partial charge in [-0.05, 0) is 29.8 Å². The van der Waals surface area contributed by atoms with E-state index in [9.17, 15) is 0 Å². The van der Waals surface area contributed by atoms with Gasteiger partial charge in [-0.15, -0.1) is 0 Å². The molecule has 3 heterocycles. The van der Waals surface area contributed by atoms with Gasteiger partial charge in [0.2, 0.25) is 0 Å². The molecule has 0 bridgehead atoms. The topological polar surface area (TPSA) is 61.1 Å². The average molecular weight is 275 g/mol. The number of nitrogens with zero attached hydrogens (tertiary/aromatic N) is 4. The van der Waals surface area contributed by atoms with Gasteiger partial charge in [0.15, 0.2) is 0 Å². The third-order valence-electron chi connectivity index (χ3n) is 3.44. The molecule has 0 aliphatic rings. The Labute approximate surface area is 121 Å². The molecule has 0 aliphatic carbocycles. The minimum absolute atomic E-state index is 0.747. The molecule has 4 aromatic rings. The first-order chi connectivity index (χ1) is 10.3. The molecule has 2 N–H and O–H groups in total. The summed E-state index contributed by atoms with van der Waals surface area (Å²) in [6.45, 7) is 0. The van der Waals surface area contributed by atoms with Crippen molar-refractivity contribution in [3.05, 3.63) is 67.3 Å². The molecule has 5 heteroatoms. The molecule has 0 saturated carbocycles. The number of rotatable bonds is 2. The number of benzene rings is 1. The lowest BCUT2D eigenvalue weighted by Gasteiger charge is -2.04. The predicted octanol–water partition coefficient (Wildman–Crippen LogP) is 2.77.